The summed E-state index contributed by atoms with van der Waals surface area (Å²) in [6.07, 6.45) is 8.20. The number of fused-ring (bicyclic) bond motifs is 2. The Hall–Kier alpha value is -5.40. The molecule has 0 radical (unpaired) electrons. The molecule has 0 fully saturated rings. The van der Waals surface area contributed by atoms with E-state index in [1.807, 2.05) is 18.3 Å². The van der Waals surface area contributed by atoms with E-state index in [9.17, 15) is 24.3 Å². The maximum Gasteiger partial charge on any atom is 0.243 e. The molecule has 14 heteroatoms. The fourth-order valence-electron chi connectivity index (χ4n) is 5.59. The highest BCUT2D eigenvalue weighted by Gasteiger charge is 2.25. The van der Waals surface area contributed by atoms with E-state index in [2.05, 4.69) is 36.2 Å². The van der Waals surface area contributed by atoms with Gasteiger partial charge in [0.05, 0.1) is 6.54 Å². The van der Waals surface area contributed by atoms with E-state index < -0.39 is 30.4 Å². The van der Waals surface area contributed by atoms with Crippen LogP contribution in [-0.4, -0.2) is 75.4 Å². The van der Waals surface area contributed by atoms with Gasteiger partial charge in [-0.3, -0.25) is 24.2 Å². The first-order chi connectivity index (χ1) is 23.7. The number of nitrogens with two attached hydrogens (primary N) is 1. The summed E-state index contributed by atoms with van der Waals surface area (Å²) in [6.45, 7) is 0.201. The first kappa shape index (κ1) is 34.9. The van der Waals surface area contributed by atoms with Crippen LogP contribution in [0.25, 0.3) is 21.8 Å². The molecule has 2 aromatic carbocycles. The van der Waals surface area contributed by atoms with Gasteiger partial charge in [0.25, 0.3) is 0 Å². The van der Waals surface area contributed by atoms with E-state index in [0.717, 1.165) is 27.5 Å². The number of aromatic nitrogens is 3. The molecule has 0 aliphatic rings. The van der Waals surface area contributed by atoms with Gasteiger partial charge in [-0.1, -0.05) is 11.6 Å². The average Bonchev–Trinajstić information content (AvgIpc) is 3.68. The van der Waals surface area contributed by atoms with Gasteiger partial charge in [0.1, 0.15) is 17.8 Å². The van der Waals surface area contributed by atoms with Crippen molar-refractivity contribution in [3.63, 3.8) is 0 Å². The van der Waals surface area contributed by atoms with Crippen LogP contribution in [0.15, 0.2) is 73.3 Å². The molecule has 256 valence electrons. The van der Waals surface area contributed by atoms with Gasteiger partial charge in [0.2, 0.25) is 23.6 Å². The lowest BCUT2D eigenvalue weighted by molar-refractivity contribution is -0.131. The van der Waals surface area contributed by atoms with Crippen LogP contribution in [0.4, 0.5) is 0 Å². The molecule has 2 atom stereocenters. The lowest BCUT2D eigenvalue weighted by atomic mass is 10.0. The smallest absolute Gasteiger partial charge is 0.243 e. The summed E-state index contributed by atoms with van der Waals surface area (Å²) in [5.74, 6) is -1.85. The van der Waals surface area contributed by atoms with Gasteiger partial charge in [0.15, 0.2) is 0 Å². The molecule has 3 aromatic heterocycles. The maximum absolute atomic E-state index is 13.4. The summed E-state index contributed by atoms with van der Waals surface area (Å²) >= 11 is 6.17. The van der Waals surface area contributed by atoms with E-state index in [0.29, 0.717) is 41.9 Å². The van der Waals surface area contributed by atoms with Crippen LogP contribution in [-0.2, 0) is 38.4 Å². The number of rotatable bonds is 16. The minimum absolute atomic E-state index is 0.0613. The van der Waals surface area contributed by atoms with Crippen molar-refractivity contribution in [3.05, 3.63) is 95.0 Å². The van der Waals surface area contributed by atoms with Gasteiger partial charge in [-0.2, -0.15) is 0 Å². The van der Waals surface area contributed by atoms with Crippen molar-refractivity contribution in [1.82, 2.24) is 36.2 Å². The zero-order chi connectivity index (χ0) is 34.8. The number of carbonyl (C=O) groups is 4. The number of pyridine rings is 1. The third-order valence-corrected chi connectivity index (χ3v) is 8.36. The second-order valence-corrected chi connectivity index (χ2v) is 12.1. The fourth-order valence-corrected chi connectivity index (χ4v) is 5.77. The number of hydrogen-bond donors (Lipinski definition) is 8. The van der Waals surface area contributed by atoms with Crippen molar-refractivity contribution in [3.8, 4) is 5.75 Å². The lowest BCUT2D eigenvalue weighted by Crippen LogP contribution is -2.53. The number of phenolic OH excluding ortho intramolecular Hbond substituents is 1. The third-order valence-electron chi connectivity index (χ3n) is 8.12. The quantitative estimate of drug-likeness (QED) is 0.0777. The predicted octanol–water partition coefficient (Wildman–Crippen LogP) is 2.37. The van der Waals surface area contributed by atoms with Crippen LogP contribution in [0.3, 0.4) is 0 Å². The van der Waals surface area contributed by atoms with Crippen LogP contribution in [0.5, 0.6) is 5.75 Å². The molecule has 49 heavy (non-hydrogen) atoms. The summed E-state index contributed by atoms with van der Waals surface area (Å²) in [4.78, 5) is 62.8. The van der Waals surface area contributed by atoms with Gasteiger partial charge >= 0.3 is 0 Å². The number of halogens is 1. The van der Waals surface area contributed by atoms with Crippen molar-refractivity contribution < 1.29 is 24.3 Å². The van der Waals surface area contributed by atoms with Crippen molar-refractivity contribution >= 4 is 57.0 Å². The monoisotopic (exact) mass is 686 g/mol. The SMILES string of the molecule is NCCCC(=O)N[C@@H](Cc1c[nH]c2ccc(O)cc12)C(=O)NCC(=O)N[C@@H](Cc1ccncc1)C(=O)NCCc1c[nH]c2ccc(Cl)cc12. The number of amides is 4. The maximum atomic E-state index is 13.4. The second-order valence-electron chi connectivity index (χ2n) is 11.7. The van der Waals surface area contributed by atoms with Crippen LogP contribution >= 0.6 is 11.6 Å². The number of benzene rings is 2. The number of carbonyl (C=O) groups excluding carboxylic acids is 4. The molecule has 4 amide bonds. The minimum atomic E-state index is -1.02. The third kappa shape index (κ3) is 9.58. The Morgan fingerprint density at radius 2 is 1.47 bits per heavy atom. The standard InChI is InChI=1S/C35H39ClN8O5/c36-24-3-5-28-26(16-24)22(18-40-28)9-13-39-34(48)30(14-21-7-11-38-12-8-21)44-33(47)20-42-35(49)31(43-32(46)2-1-10-37)15-23-19-41-29-6-4-25(45)17-27(23)29/h3-8,11-12,16-19,30-31,40-41,45H,1-2,9-10,13-15,20,37H2,(H,39,48)(H,42,49)(H,43,46)(H,44,47)/t30-,31-/m0/s1. The van der Waals surface area contributed by atoms with E-state index in [4.69, 9.17) is 17.3 Å². The zero-order valence-electron chi connectivity index (χ0n) is 26.7. The van der Waals surface area contributed by atoms with Crippen LogP contribution in [0.1, 0.15) is 29.5 Å². The van der Waals surface area contributed by atoms with E-state index in [-0.39, 0.29) is 36.8 Å². The average molecular weight is 687 g/mol. The molecule has 13 nitrogen and oxygen atoms in total. The number of phenols is 1. The Morgan fingerprint density at radius 1 is 0.816 bits per heavy atom. The lowest BCUT2D eigenvalue weighted by Gasteiger charge is -2.21. The number of aromatic amines is 2. The number of nitrogens with zero attached hydrogens (tertiary/aromatic N) is 1. The van der Waals surface area contributed by atoms with Crippen molar-refractivity contribution in [2.24, 2.45) is 5.73 Å². The number of aromatic hydroxyl groups is 1. The molecule has 0 saturated heterocycles. The molecular weight excluding hydrogens is 648 g/mol. The van der Waals surface area contributed by atoms with E-state index in [1.54, 1.807) is 55.0 Å². The Kier molecular flexibility index (Phi) is 11.8. The van der Waals surface area contributed by atoms with Crippen molar-refractivity contribution in [1.29, 1.82) is 0 Å². The molecule has 9 N–H and O–H groups in total. The Morgan fingerprint density at radius 3 is 2.22 bits per heavy atom. The number of nitrogens with one attached hydrogen (secondary N) is 6. The molecule has 0 aliphatic heterocycles. The molecule has 5 rings (SSSR count). The topological polar surface area (TPSA) is 207 Å². The van der Waals surface area contributed by atoms with E-state index in [1.165, 1.54) is 0 Å². The Labute approximate surface area is 287 Å². The minimum Gasteiger partial charge on any atom is -0.508 e. The molecule has 3 heterocycles. The van der Waals surface area contributed by atoms with Gasteiger partial charge in [-0.25, -0.2) is 0 Å². The predicted molar refractivity (Wildman–Crippen MR) is 187 cm³/mol. The van der Waals surface area contributed by atoms with Crippen LogP contribution in [0, 0.1) is 0 Å². The van der Waals surface area contributed by atoms with Crippen LogP contribution < -0.4 is 27.0 Å². The molecule has 0 saturated carbocycles. The molecular formula is C35H39ClN8O5. The summed E-state index contributed by atoms with van der Waals surface area (Å²) in [5, 5.41) is 23.3. The van der Waals surface area contributed by atoms with Crippen molar-refractivity contribution in [2.75, 3.05) is 19.6 Å². The molecule has 5 aromatic rings. The zero-order valence-corrected chi connectivity index (χ0v) is 27.5. The normalized spacial score (nSPS) is 12.4. The molecule has 0 unspecified atom stereocenters. The first-order valence-corrected chi connectivity index (χ1v) is 16.4. The largest absolute Gasteiger partial charge is 0.508 e. The molecule has 0 bridgehead atoms. The van der Waals surface area contributed by atoms with Crippen molar-refractivity contribution in [2.45, 2.75) is 44.2 Å². The molecule has 0 aliphatic carbocycles. The number of hydrogen-bond acceptors (Lipinski definition) is 7. The highest BCUT2D eigenvalue weighted by molar-refractivity contribution is 6.31. The van der Waals surface area contributed by atoms with Gasteiger partial charge in [0, 0.05) is 77.4 Å². The summed E-state index contributed by atoms with van der Waals surface area (Å²) in [5.41, 5.74) is 9.71. The molecule has 0 spiro atoms. The highest BCUT2D eigenvalue weighted by Crippen LogP contribution is 2.24. The Bertz CT molecular complexity index is 1930. The van der Waals surface area contributed by atoms with E-state index >= 15 is 0 Å². The summed E-state index contributed by atoms with van der Waals surface area (Å²) in [6, 6.07) is 12.0. The second kappa shape index (κ2) is 16.6. The van der Waals surface area contributed by atoms with Gasteiger partial charge in [-0.05, 0) is 84.6 Å². The summed E-state index contributed by atoms with van der Waals surface area (Å²) in [7, 11) is 0. The van der Waals surface area contributed by atoms with Crippen LogP contribution in [0.2, 0.25) is 5.02 Å². The number of H-pyrrole nitrogens is 2. The highest BCUT2D eigenvalue weighted by atomic mass is 35.5. The van der Waals surface area contributed by atoms with Gasteiger partial charge in [-0.15, -0.1) is 0 Å². The van der Waals surface area contributed by atoms with Gasteiger partial charge < -0.3 is 42.1 Å². The summed E-state index contributed by atoms with van der Waals surface area (Å²) < 4.78 is 0. The Balaban J connectivity index is 1.22. The first-order valence-electron chi connectivity index (χ1n) is 16.0. The fraction of sp³-hybridized carbons (Fsp3) is 0.286.